The largest absolute Gasteiger partial charge is 0.310 e. The van der Waals surface area contributed by atoms with Crippen LogP contribution in [0.15, 0.2) is 48.8 Å². The Morgan fingerprint density at radius 3 is 2.56 bits per heavy atom. The number of anilines is 1. The summed E-state index contributed by atoms with van der Waals surface area (Å²) in [6, 6.07) is 11.5. The molecular formula is C27H30F2N4O. The smallest absolute Gasteiger partial charge is 0.214 e. The zero-order valence-electron chi connectivity index (χ0n) is 19.7. The normalized spacial score (nSPS) is 20.9. The lowest BCUT2D eigenvalue weighted by Crippen LogP contribution is -2.59. The first kappa shape index (κ1) is 22.7. The zero-order chi connectivity index (χ0) is 23.9. The van der Waals surface area contributed by atoms with E-state index in [2.05, 4.69) is 23.0 Å². The van der Waals surface area contributed by atoms with Crippen LogP contribution in [0.5, 0.6) is 0 Å². The number of likely N-dealkylation sites (tertiary alicyclic amines) is 1. The zero-order valence-corrected chi connectivity index (χ0v) is 19.7. The molecule has 0 bridgehead atoms. The molecule has 1 unspecified atom stereocenters. The summed E-state index contributed by atoms with van der Waals surface area (Å²) >= 11 is 0. The standard InChI is InChI=1S/C27H30F2N4O/c1-27(13-14-33(27)21-7-3-4-8-21)23-9-5-6-10-24(23)32(18-34)17-19-11-12-22(26(29)25(19)28)20-15-30-31(2)16-20/h5-6,9-12,15-16,18,21H,3-4,7-8,13-14,17H2,1-2H3. The van der Waals surface area contributed by atoms with E-state index in [1.807, 2.05) is 18.2 Å². The summed E-state index contributed by atoms with van der Waals surface area (Å²) < 4.78 is 31.6. The van der Waals surface area contributed by atoms with E-state index in [1.54, 1.807) is 30.1 Å². The maximum atomic E-state index is 15.1. The van der Waals surface area contributed by atoms with Gasteiger partial charge >= 0.3 is 0 Å². The van der Waals surface area contributed by atoms with Crippen molar-refractivity contribution in [2.45, 2.75) is 57.2 Å². The Hall–Kier alpha value is -3.06. The predicted molar refractivity (Wildman–Crippen MR) is 128 cm³/mol. The Kier molecular flexibility index (Phi) is 5.98. The minimum atomic E-state index is -0.937. The molecule has 2 fully saturated rings. The van der Waals surface area contributed by atoms with Crippen LogP contribution in [0.1, 0.15) is 50.2 Å². The second-order valence-corrected chi connectivity index (χ2v) is 9.71. The lowest BCUT2D eigenvalue weighted by molar-refractivity contribution is -0.107. The molecule has 1 atom stereocenters. The summed E-state index contributed by atoms with van der Waals surface area (Å²) in [5, 5.41) is 4.04. The number of nitrogens with zero attached hydrogens (tertiary/aromatic N) is 4. The van der Waals surface area contributed by atoms with Crippen molar-refractivity contribution in [1.29, 1.82) is 0 Å². The number of hydrogen-bond donors (Lipinski definition) is 0. The van der Waals surface area contributed by atoms with Crippen molar-refractivity contribution < 1.29 is 13.6 Å². The first-order valence-electron chi connectivity index (χ1n) is 12.0. The Morgan fingerprint density at radius 2 is 1.91 bits per heavy atom. The minimum absolute atomic E-state index is 0.0455. The minimum Gasteiger partial charge on any atom is -0.310 e. The van der Waals surface area contributed by atoms with Crippen LogP contribution in [-0.4, -0.2) is 33.7 Å². The number of amides is 1. The second kappa shape index (κ2) is 8.95. The second-order valence-electron chi connectivity index (χ2n) is 9.71. The highest BCUT2D eigenvalue weighted by atomic mass is 19.2. The molecule has 5 nitrogen and oxygen atoms in total. The molecule has 34 heavy (non-hydrogen) atoms. The summed E-state index contributed by atoms with van der Waals surface area (Å²) in [5.74, 6) is -1.86. The maximum Gasteiger partial charge on any atom is 0.214 e. The third-order valence-electron chi connectivity index (χ3n) is 7.68. The van der Waals surface area contributed by atoms with Gasteiger partial charge in [-0.2, -0.15) is 5.10 Å². The van der Waals surface area contributed by atoms with Crippen molar-refractivity contribution in [3.8, 4) is 11.1 Å². The molecule has 2 aliphatic rings. The summed E-state index contributed by atoms with van der Waals surface area (Å²) in [4.78, 5) is 16.3. The van der Waals surface area contributed by atoms with Gasteiger partial charge in [0.1, 0.15) is 0 Å². The van der Waals surface area contributed by atoms with Crippen molar-refractivity contribution in [3.63, 3.8) is 0 Å². The van der Waals surface area contributed by atoms with Gasteiger partial charge in [0.15, 0.2) is 11.6 Å². The van der Waals surface area contributed by atoms with Gasteiger partial charge in [-0.05, 0) is 37.8 Å². The molecule has 0 radical (unpaired) electrons. The van der Waals surface area contributed by atoms with Gasteiger partial charge in [-0.25, -0.2) is 8.78 Å². The Balaban J connectivity index is 1.45. The van der Waals surface area contributed by atoms with E-state index in [9.17, 15) is 9.18 Å². The monoisotopic (exact) mass is 464 g/mol. The van der Waals surface area contributed by atoms with E-state index in [-0.39, 0.29) is 23.2 Å². The van der Waals surface area contributed by atoms with Gasteiger partial charge < -0.3 is 4.90 Å². The fourth-order valence-corrected chi connectivity index (χ4v) is 5.70. The fraction of sp³-hybridized carbons (Fsp3) is 0.407. The van der Waals surface area contributed by atoms with E-state index in [0.29, 0.717) is 18.0 Å². The van der Waals surface area contributed by atoms with Gasteiger partial charge in [-0.1, -0.05) is 43.2 Å². The molecule has 1 aliphatic heterocycles. The molecule has 178 valence electrons. The Morgan fingerprint density at radius 1 is 1.15 bits per heavy atom. The number of rotatable bonds is 7. The average molecular weight is 465 g/mol. The molecule has 1 saturated carbocycles. The van der Waals surface area contributed by atoms with Crippen LogP contribution in [0.3, 0.4) is 0 Å². The van der Waals surface area contributed by atoms with Crippen LogP contribution in [-0.2, 0) is 23.9 Å². The lowest BCUT2D eigenvalue weighted by Gasteiger charge is -2.55. The summed E-state index contributed by atoms with van der Waals surface area (Å²) in [7, 11) is 1.72. The SMILES string of the molecule is Cn1cc(-c2ccc(CN(C=O)c3ccccc3C3(C)CCN3C3CCCC3)c(F)c2F)cn1. The number of hydrogen-bond acceptors (Lipinski definition) is 3. The number of carbonyl (C=O) groups is 1. The van der Waals surface area contributed by atoms with E-state index in [4.69, 9.17) is 0 Å². The molecule has 1 aliphatic carbocycles. The van der Waals surface area contributed by atoms with Crippen LogP contribution >= 0.6 is 0 Å². The van der Waals surface area contributed by atoms with Crippen LogP contribution in [0.2, 0.25) is 0 Å². The third kappa shape index (κ3) is 3.82. The van der Waals surface area contributed by atoms with Gasteiger partial charge in [0, 0.05) is 53.7 Å². The molecule has 1 saturated heterocycles. The molecule has 2 aromatic carbocycles. The van der Waals surface area contributed by atoms with E-state index in [0.717, 1.165) is 24.2 Å². The highest BCUT2D eigenvalue weighted by Gasteiger charge is 2.47. The number of aryl methyl sites for hydroxylation is 1. The number of halogens is 2. The highest BCUT2D eigenvalue weighted by molar-refractivity contribution is 5.78. The van der Waals surface area contributed by atoms with Crippen molar-refractivity contribution in [2.75, 3.05) is 11.4 Å². The topological polar surface area (TPSA) is 41.4 Å². The molecule has 1 aromatic heterocycles. The molecular weight excluding hydrogens is 434 g/mol. The fourth-order valence-electron chi connectivity index (χ4n) is 5.70. The van der Waals surface area contributed by atoms with Gasteiger partial charge in [0.25, 0.3) is 0 Å². The van der Waals surface area contributed by atoms with Crippen LogP contribution in [0.25, 0.3) is 11.1 Å². The van der Waals surface area contributed by atoms with E-state index in [1.165, 1.54) is 36.8 Å². The Labute approximate surface area is 199 Å². The van der Waals surface area contributed by atoms with Crippen molar-refractivity contribution >= 4 is 12.1 Å². The molecule has 0 spiro atoms. The first-order valence-corrected chi connectivity index (χ1v) is 12.0. The third-order valence-corrected chi connectivity index (χ3v) is 7.68. The molecule has 5 rings (SSSR count). The number of para-hydroxylation sites is 1. The lowest BCUT2D eigenvalue weighted by atomic mass is 9.77. The molecule has 7 heteroatoms. The summed E-state index contributed by atoms with van der Waals surface area (Å²) in [6.07, 6.45) is 9.81. The van der Waals surface area contributed by atoms with Crippen LogP contribution < -0.4 is 4.90 Å². The van der Waals surface area contributed by atoms with Gasteiger partial charge in [0.2, 0.25) is 6.41 Å². The summed E-state index contributed by atoms with van der Waals surface area (Å²) in [5.41, 5.74) is 2.45. The first-order chi connectivity index (χ1) is 16.4. The van der Waals surface area contributed by atoms with Crippen molar-refractivity contribution in [2.24, 2.45) is 7.05 Å². The van der Waals surface area contributed by atoms with E-state index >= 15 is 4.39 Å². The molecule has 1 amide bonds. The van der Waals surface area contributed by atoms with Crippen molar-refractivity contribution in [3.05, 3.63) is 71.6 Å². The number of aromatic nitrogens is 2. The maximum absolute atomic E-state index is 15.1. The Bertz CT molecular complexity index is 1200. The van der Waals surface area contributed by atoms with Gasteiger partial charge in [-0.3, -0.25) is 14.4 Å². The molecule has 0 N–H and O–H groups in total. The quantitative estimate of drug-likeness (QED) is 0.440. The summed E-state index contributed by atoms with van der Waals surface area (Å²) in [6.45, 7) is 3.24. The number of benzene rings is 2. The van der Waals surface area contributed by atoms with Crippen LogP contribution in [0.4, 0.5) is 14.5 Å². The molecule has 3 aromatic rings. The van der Waals surface area contributed by atoms with Gasteiger partial charge in [-0.15, -0.1) is 0 Å². The van der Waals surface area contributed by atoms with Crippen molar-refractivity contribution in [1.82, 2.24) is 14.7 Å². The van der Waals surface area contributed by atoms with Gasteiger partial charge in [0.05, 0.1) is 12.7 Å². The van der Waals surface area contributed by atoms with E-state index < -0.39 is 11.6 Å². The average Bonchev–Trinajstić information content (AvgIpc) is 3.51. The molecule has 2 heterocycles. The number of carbonyl (C=O) groups excluding carboxylic acids is 1. The highest BCUT2D eigenvalue weighted by Crippen LogP contribution is 2.47. The van der Waals surface area contributed by atoms with Crippen LogP contribution in [0, 0.1) is 11.6 Å². The predicted octanol–water partition coefficient (Wildman–Crippen LogP) is 5.39.